The third-order valence-corrected chi connectivity index (χ3v) is 3.80. The molecule has 132 valence electrons. The van der Waals surface area contributed by atoms with Crippen LogP contribution in [0.3, 0.4) is 0 Å². The van der Waals surface area contributed by atoms with Gasteiger partial charge in [0.1, 0.15) is 0 Å². The maximum atomic E-state index is 12.0. The normalized spacial score (nSPS) is 10.2. The van der Waals surface area contributed by atoms with Gasteiger partial charge in [0.05, 0.1) is 33.8 Å². The monoisotopic (exact) mass is 404 g/mol. The summed E-state index contributed by atoms with van der Waals surface area (Å²) >= 11 is 17.8. The van der Waals surface area contributed by atoms with Crippen molar-refractivity contribution in [3.05, 3.63) is 55.5 Å². The maximum Gasteiger partial charge on any atom is 0.273 e. The van der Waals surface area contributed by atoms with E-state index in [2.05, 4.69) is 5.32 Å². The van der Waals surface area contributed by atoms with Gasteiger partial charge in [-0.05, 0) is 18.2 Å². The fourth-order valence-electron chi connectivity index (χ4n) is 1.87. The molecule has 25 heavy (non-hydrogen) atoms. The number of nitro benzene ring substituents is 1. The Labute approximate surface area is 157 Å². The molecule has 7 nitrogen and oxygen atoms in total. The van der Waals surface area contributed by atoms with Crippen LogP contribution in [0.15, 0.2) is 30.3 Å². The van der Waals surface area contributed by atoms with Gasteiger partial charge >= 0.3 is 0 Å². The van der Waals surface area contributed by atoms with E-state index in [0.717, 1.165) is 6.07 Å². The lowest BCUT2D eigenvalue weighted by atomic mass is 10.3. The first-order chi connectivity index (χ1) is 11.8. The van der Waals surface area contributed by atoms with Crippen molar-refractivity contribution in [2.24, 2.45) is 0 Å². The molecule has 0 bridgehead atoms. The van der Waals surface area contributed by atoms with Crippen LogP contribution in [0.2, 0.25) is 15.1 Å². The van der Waals surface area contributed by atoms with Gasteiger partial charge in [-0.3, -0.25) is 14.9 Å². The number of ether oxygens (including phenoxy) is 2. The Kier molecular flexibility index (Phi) is 6.30. The summed E-state index contributed by atoms with van der Waals surface area (Å²) in [7, 11) is 1.38. The lowest BCUT2D eigenvalue weighted by molar-refractivity contribution is -0.385. The minimum atomic E-state index is -0.584. The van der Waals surface area contributed by atoms with Crippen molar-refractivity contribution in [1.29, 1.82) is 0 Å². The number of hydrogen-bond donors (Lipinski definition) is 1. The van der Waals surface area contributed by atoms with E-state index < -0.39 is 17.4 Å². The Balaban J connectivity index is 2.10. The number of non-ortho nitro benzene ring substituents is 1. The zero-order valence-corrected chi connectivity index (χ0v) is 15.0. The van der Waals surface area contributed by atoms with Gasteiger partial charge in [0, 0.05) is 11.1 Å². The molecule has 0 atom stereocenters. The van der Waals surface area contributed by atoms with Crippen LogP contribution < -0.4 is 14.8 Å². The van der Waals surface area contributed by atoms with Gasteiger partial charge in [-0.25, -0.2) is 0 Å². The summed E-state index contributed by atoms with van der Waals surface area (Å²) in [6.07, 6.45) is 0. The minimum Gasteiger partial charge on any atom is -0.493 e. The quantitative estimate of drug-likeness (QED) is 0.561. The molecular weight excluding hydrogens is 395 g/mol. The molecule has 0 aliphatic carbocycles. The summed E-state index contributed by atoms with van der Waals surface area (Å²) in [5.41, 5.74) is -0.00709. The van der Waals surface area contributed by atoms with Crippen LogP contribution in [0, 0.1) is 10.1 Å². The molecule has 1 N–H and O–H groups in total. The topological polar surface area (TPSA) is 90.7 Å². The molecule has 0 aliphatic heterocycles. The van der Waals surface area contributed by atoms with E-state index in [-0.39, 0.29) is 32.9 Å². The summed E-state index contributed by atoms with van der Waals surface area (Å²) in [4.78, 5) is 22.3. The number of nitrogens with zero attached hydrogens (tertiary/aromatic N) is 1. The standard InChI is InChI=1S/C15H11Cl3N2O5/c1-24-12-3-2-9(20(22)23)6-13(12)25-7-14(21)19-15-10(17)4-8(16)5-11(15)18/h2-6H,7H2,1H3,(H,19,21). The van der Waals surface area contributed by atoms with Gasteiger partial charge in [0.2, 0.25) is 0 Å². The van der Waals surface area contributed by atoms with Crippen molar-refractivity contribution in [1.82, 2.24) is 0 Å². The lowest BCUT2D eigenvalue weighted by Crippen LogP contribution is -2.20. The first-order valence-corrected chi connectivity index (χ1v) is 7.85. The smallest absolute Gasteiger partial charge is 0.273 e. The van der Waals surface area contributed by atoms with Crippen LogP contribution >= 0.6 is 34.8 Å². The zero-order chi connectivity index (χ0) is 18.6. The Hall–Kier alpha value is -2.22. The predicted molar refractivity (Wildman–Crippen MR) is 95.2 cm³/mol. The number of nitro groups is 1. The maximum absolute atomic E-state index is 12.0. The molecule has 2 rings (SSSR count). The van der Waals surface area contributed by atoms with Crippen LogP contribution in [0.4, 0.5) is 11.4 Å². The molecule has 0 fully saturated rings. The fourth-order valence-corrected chi connectivity index (χ4v) is 2.78. The molecule has 10 heteroatoms. The highest BCUT2D eigenvalue weighted by Crippen LogP contribution is 2.34. The summed E-state index contributed by atoms with van der Waals surface area (Å²) in [6.45, 7) is -0.438. The van der Waals surface area contributed by atoms with E-state index in [4.69, 9.17) is 44.3 Å². The van der Waals surface area contributed by atoms with Crippen molar-refractivity contribution in [2.75, 3.05) is 19.0 Å². The second kappa shape index (κ2) is 8.24. The lowest BCUT2D eigenvalue weighted by Gasteiger charge is -2.12. The molecular formula is C15H11Cl3N2O5. The second-order valence-corrected chi connectivity index (χ2v) is 5.92. The number of benzene rings is 2. The number of amides is 1. The molecule has 0 aromatic heterocycles. The summed E-state index contributed by atoms with van der Waals surface area (Å²) in [6, 6.07) is 6.65. The van der Waals surface area contributed by atoms with E-state index in [1.807, 2.05) is 0 Å². The van der Waals surface area contributed by atoms with Crippen LogP contribution in [0.5, 0.6) is 11.5 Å². The number of rotatable bonds is 6. The first-order valence-electron chi connectivity index (χ1n) is 6.71. The van der Waals surface area contributed by atoms with Crippen molar-refractivity contribution >= 4 is 52.1 Å². The van der Waals surface area contributed by atoms with Crippen LogP contribution in [0.25, 0.3) is 0 Å². The van der Waals surface area contributed by atoms with Crippen molar-refractivity contribution in [2.45, 2.75) is 0 Å². The summed E-state index contributed by atoms with van der Waals surface area (Å²) in [5.74, 6) is -0.263. The molecule has 0 aliphatic rings. The number of halogens is 3. The molecule has 0 heterocycles. The molecule has 1 amide bonds. The molecule has 0 saturated heterocycles. The number of nitrogens with one attached hydrogen (secondary N) is 1. The largest absolute Gasteiger partial charge is 0.493 e. The molecule has 2 aromatic carbocycles. The van der Waals surface area contributed by atoms with E-state index in [9.17, 15) is 14.9 Å². The summed E-state index contributed by atoms with van der Waals surface area (Å²) < 4.78 is 10.3. The fraction of sp³-hybridized carbons (Fsp3) is 0.133. The minimum absolute atomic E-state index is 0.0557. The predicted octanol–water partition coefficient (Wildman–Crippen LogP) is 4.58. The van der Waals surface area contributed by atoms with Gasteiger partial charge in [-0.2, -0.15) is 0 Å². The van der Waals surface area contributed by atoms with Crippen molar-refractivity contribution < 1.29 is 19.2 Å². The van der Waals surface area contributed by atoms with Gasteiger partial charge in [0.25, 0.3) is 11.6 Å². The van der Waals surface area contributed by atoms with Gasteiger partial charge < -0.3 is 14.8 Å². The zero-order valence-electron chi connectivity index (χ0n) is 12.7. The van der Waals surface area contributed by atoms with Crippen molar-refractivity contribution in [3.8, 4) is 11.5 Å². The molecule has 0 saturated carbocycles. The van der Waals surface area contributed by atoms with Crippen molar-refractivity contribution in [3.63, 3.8) is 0 Å². The number of carbonyl (C=O) groups excluding carboxylic acids is 1. The average molecular weight is 406 g/mol. The van der Waals surface area contributed by atoms with Gasteiger partial charge in [0.15, 0.2) is 18.1 Å². The van der Waals surface area contributed by atoms with Gasteiger partial charge in [-0.15, -0.1) is 0 Å². The molecule has 2 aromatic rings. The Morgan fingerprint density at radius 3 is 2.36 bits per heavy atom. The Morgan fingerprint density at radius 1 is 1.16 bits per heavy atom. The number of methoxy groups -OCH3 is 1. The summed E-state index contributed by atoms with van der Waals surface area (Å²) in [5, 5.41) is 14.0. The Bertz CT molecular complexity index is 806. The SMILES string of the molecule is COc1ccc([N+](=O)[O-])cc1OCC(=O)Nc1c(Cl)cc(Cl)cc1Cl. The first kappa shape index (κ1) is 19.1. The molecule has 0 radical (unpaired) electrons. The number of carbonyl (C=O) groups is 1. The van der Waals surface area contributed by atoms with Crippen LogP contribution in [0.1, 0.15) is 0 Å². The molecule has 0 unspecified atom stereocenters. The van der Waals surface area contributed by atoms with Crippen LogP contribution in [-0.4, -0.2) is 24.5 Å². The second-order valence-electron chi connectivity index (χ2n) is 4.67. The van der Waals surface area contributed by atoms with Crippen LogP contribution in [-0.2, 0) is 4.79 Å². The van der Waals surface area contributed by atoms with E-state index in [1.165, 1.54) is 31.4 Å². The highest BCUT2D eigenvalue weighted by atomic mass is 35.5. The highest BCUT2D eigenvalue weighted by Gasteiger charge is 2.15. The van der Waals surface area contributed by atoms with E-state index in [1.54, 1.807) is 0 Å². The number of hydrogen-bond acceptors (Lipinski definition) is 5. The average Bonchev–Trinajstić information content (AvgIpc) is 2.55. The third kappa shape index (κ3) is 4.88. The molecule has 0 spiro atoms. The number of anilines is 1. The van der Waals surface area contributed by atoms with E-state index in [0.29, 0.717) is 5.02 Å². The third-order valence-electron chi connectivity index (χ3n) is 2.99. The highest BCUT2D eigenvalue weighted by molar-refractivity contribution is 6.42. The van der Waals surface area contributed by atoms with Gasteiger partial charge in [-0.1, -0.05) is 34.8 Å². The van der Waals surface area contributed by atoms with E-state index >= 15 is 0 Å². The Morgan fingerprint density at radius 2 is 1.80 bits per heavy atom.